The van der Waals surface area contributed by atoms with Gasteiger partial charge in [-0.15, -0.1) is 0 Å². The van der Waals surface area contributed by atoms with E-state index >= 15 is 0 Å². The van der Waals surface area contributed by atoms with Crippen LogP contribution in [0, 0.1) is 46.3 Å². The molecule has 32 heavy (non-hydrogen) atoms. The Bertz CT molecular complexity index is 776. The molecule has 0 saturated heterocycles. The van der Waals surface area contributed by atoms with E-state index in [9.17, 15) is 9.67 Å². The van der Waals surface area contributed by atoms with Crippen molar-refractivity contribution in [2.24, 2.45) is 46.3 Å². The molecule has 0 aromatic heterocycles. The monoisotopic (exact) mass is 502 g/mol. The molecule has 3 saturated carbocycles. The zero-order valence-corrected chi connectivity index (χ0v) is 23.2. The van der Waals surface area contributed by atoms with E-state index in [1.807, 2.05) is 0 Å². The molecule has 4 aliphatic rings. The highest BCUT2D eigenvalue weighted by atomic mass is 35.9. The number of allylic oxidation sites excluding steroid dienone is 1. The van der Waals surface area contributed by atoms with E-state index in [0.717, 1.165) is 30.1 Å². The lowest BCUT2D eigenvalue weighted by Gasteiger charge is -2.60. The predicted molar refractivity (Wildman–Crippen MR) is 138 cm³/mol. The Kier molecular flexibility index (Phi) is 7.35. The lowest BCUT2D eigenvalue weighted by Crippen LogP contribution is -2.55. The molecule has 2 nitrogen and oxygen atoms in total. The third kappa shape index (κ3) is 4.31. The fourth-order valence-electron chi connectivity index (χ4n) is 9.16. The van der Waals surface area contributed by atoms with Gasteiger partial charge >= 0.3 is 0 Å². The van der Waals surface area contributed by atoms with Gasteiger partial charge in [0.2, 0.25) is 0 Å². The zero-order chi connectivity index (χ0) is 23.5. The molecular formula is C27H45Cl2O2P. The first-order valence-corrected chi connectivity index (χ1v) is 16.8. The van der Waals surface area contributed by atoms with Crippen LogP contribution in [0.2, 0.25) is 0 Å². The van der Waals surface area contributed by atoms with E-state index in [2.05, 4.69) is 40.7 Å². The molecule has 0 aliphatic heterocycles. The van der Waals surface area contributed by atoms with Crippen LogP contribution in [0.1, 0.15) is 98.8 Å². The largest absolute Gasteiger partial charge is 0.393 e. The lowest BCUT2D eigenvalue weighted by molar-refractivity contribution is -0.0556. The second-order valence-electron chi connectivity index (χ2n) is 12.8. The highest BCUT2D eigenvalue weighted by molar-refractivity contribution is 8.09. The quantitative estimate of drug-likeness (QED) is 0.290. The van der Waals surface area contributed by atoms with Gasteiger partial charge in [-0.1, -0.05) is 65.5 Å². The summed E-state index contributed by atoms with van der Waals surface area (Å²) in [5.74, 6) is 0.943. The number of halogens is 2. The molecule has 0 spiro atoms. The lowest BCUT2D eigenvalue weighted by atomic mass is 9.46. The van der Waals surface area contributed by atoms with Gasteiger partial charge in [0.25, 0.3) is 5.85 Å². The molecule has 4 aliphatic carbocycles. The maximum absolute atomic E-state index is 13.0. The summed E-state index contributed by atoms with van der Waals surface area (Å²) >= 11 is 12.7. The molecule has 0 amide bonds. The topological polar surface area (TPSA) is 37.3 Å². The second kappa shape index (κ2) is 9.19. The van der Waals surface area contributed by atoms with Gasteiger partial charge in [0.15, 0.2) is 0 Å². The van der Waals surface area contributed by atoms with E-state index in [1.165, 1.54) is 50.5 Å². The van der Waals surface area contributed by atoms with E-state index < -0.39 is 12.0 Å². The van der Waals surface area contributed by atoms with E-state index in [0.29, 0.717) is 30.1 Å². The average Bonchev–Trinajstić information content (AvgIpc) is 3.04. The minimum Gasteiger partial charge on any atom is -0.393 e. The smallest absolute Gasteiger partial charge is 0.257 e. The summed E-state index contributed by atoms with van der Waals surface area (Å²) in [6, 6.07) is 0. The number of rotatable bonds is 6. The second-order valence-corrected chi connectivity index (χ2v) is 17.9. The molecule has 0 aromatic rings. The van der Waals surface area contributed by atoms with Crippen LogP contribution in [0.4, 0.5) is 0 Å². The summed E-state index contributed by atoms with van der Waals surface area (Å²) in [6.45, 7) is 12.1. The summed E-state index contributed by atoms with van der Waals surface area (Å²) in [5, 5.41) is 10.5. The van der Waals surface area contributed by atoms with Crippen molar-refractivity contribution in [2.75, 3.05) is 0 Å². The van der Waals surface area contributed by atoms with Gasteiger partial charge in [0.05, 0.1) is 11.8 Å². The van der Waals surface area contributed by atoms with Crippen LogP contribution in [0.15, 0.2) is 11.6 Å². The molecule has 184 valence electrons. The van der Waals surface area contributed by atoms with Crippen LogP contribution in [0.5, 0.6) is 0 Å². The van der Waals surface area contributed by atoms with Gasteiger partial charge in [-0.25, -0.2) is 0 Å². The molecule has 9 atom stereocenters. The van der Waals surface area contributed by atoms with Crippen molar-refractivity contribution in [3.8, 4) is 0 Å². The SMILES string of the molecule is CC(C)CCC[C@@H](C)[C@H]1CC[C@H]2[C@@H]3CC=C4C[C@H](O)CC(P(=O)(Cl)Cl)[C@]4(C)[C@H]3CC[C@]12C. The van der Waals surface area contributed by atoms with Crippen LogP contribution in [0.25, 0.3) is 0 Å². The molecule has 0 radical (unpaired) electrons. The molecule has 0 heterocycles. The predicted octanol–water partition coefficient (Wildman–Crippen LogP) is 9.04. The summed E-state index contributed by atoms with van der Waals surface area (Å²) in [6.07, 6.45) is 13.4. The van der Waals surface area contributed by atoms with Gasteiger partial charge in [-0.05, 0) is 108 Å². The number of aliphatic hydroxyl groups is 1. The van der Waals surface area contributed by atoms with Crippen molar-refractivity contribution in [3.63, 3.8) is 0 Å². The van der Waals surface area contributed by atoms with Crippen LogP contribution < -0.4 is 0 Å². The first-order valence-electron chi connectivity index (χ1n) is 13.3. The first kappa shape index (κ1) is 25.6. The number of hydrogen-bond acceptors (Lipinski definition) is 2. The summed E-state index contributed by atoms with van der Waals surface area (Å²) in [7, 11) is 0. The van der Waals surface area contributed by atoms with Crippen LogP contribution in [-0.4, -0.2) is 16.9 Å². The van der Waals surface area contributed by atoms with Gasteiger partial charge in [0, 0.05) is 5.41 Å². The standard InChI is InChI=1S/C27H45Cl2O2P/c1-17(2)7-6-8-18(3)22-11-12-23-21-10-9-19-15-20(30)16-25(32(28,29)31)27(19,5)24(21)13-14-26(22,23)4/h9,17-18,20-25,30H,6-8,10-16H2,1-5H3/t18-,20+,21+,22-,23+,24+,25?,26-,27+/m1/s1. The highest BCUT2D eigenvalue weighted by Crippen LogP contribution is 2.75. The van der Waals surface area contributed by atoms with E-state index in [4.69, 9.17) is 22.5 Å². The van der Waals surface area contributed by atoms with Crippen molar-refractivity contribution in [1.29, 1.82) is 0 Å². The number of aliphatic hydroxyl groups excluding tert-OH is 1. The Balaban J connectivity index is 1.58. The van der Waals surface area contributed by atoms with Crippen molar-refractivity contribution < 1.29 is 9.67 Å². The molecule has 1 N–H and O–H groups in total. The fourth-order valence-corrected chi connectivity index (χ4v) is 12.3. The Morgan fingerprint density at radius 2 is 1.84 bits per heavy atom. The molecule has 3 fully saturated rings. The third-order valence-electron chi connectivity index (χ3n) is 10.7. The summed E-state index contributed by atoms with van der Waals surface area (Å²) in [5.41, 5.74) is 1.15. The van der Waals surface area contributed by atoms with Crippen molar-refractivity contribution in [2.45, 2.75) is 111 Å². The number of fused-ring (bicyclic) bond motifs is 5. The Labute approximate surface area is 206 Å². The van der Waals surface area contributed by atoms with Gasteiger partial charge in [0.1, 0.15) is 0 Å². The van der Waals surface area contributed by atoms with Crippen LogP contribution in [0.3, 0.4) is 0 Å². The first-order chi connectivity index (χ1) is 14.9. The fraction of sp³-hybridized carbons (Fsp3) is 0.926. The van der Waals surface area contributed by atoms with E-state index in [-0.39, 0.29) is 11.1 Å². The molecule has 5 heteroatoms. The molecule has 0 bridgehead atoms. The minimum atomic E-state index is -3.35. The molecule has 0 aromatic carbocycles. The average molecular weight is 504 g/mol. The molecule has 1 unspecified atom stereocenters. The van der Waals surface area contributed by atoms with E-state index in [1.54, 1.807) is 0 Å². The Morgan fingerprint density at radius 1 is 1.12 bits per heavy atom. The molecular weight excluding hydrogens is 458 g/mol. The maximum Gasteiger partial charge on any atom is 0.257 e. The number of hydrogen-bond donors (Lipinski definition) is 1. The highest BCUT2D eigenvalue weighted by Gasteiger charge is 2.63. The van der Waals surface area contributed by atoms with Gasteiger partial charge in [-0.3, -0.25) is 4.57 Å². The Hall–Kier alpha value is 0.510. The van der Waals surface area contributed by atoms with Crippen molar-refractivity contribution >= 4 is 28.3 Å². The van der Waals surface area contributed by atoms with Crippen molar-refractivity contribution in [1.82, 2.24) is 0 Å². The maximum atomic E-state index is 13.0. The zero-order valence-electron chi connectivity index (χ0n) is 20.8. The third-order valence-corrected chi connectivity index (χ3v) is 13.6. The molecule has 4 rings (SSSR count). The van der Waals surface area contributed by atoms with Gasteiger partial charge < -0.3 is 5.11 Å². The minimum absolute atomic E-state index is 0.233. The van der Waals surface area contributed by atoms with Crippen LogP contribution in [-0.2, 0) is 4.57 Å². The Morgan fingerprint density at radius 3 is 2.50 bits per heavy atom. The summed E-state index contributed by atoms with van der Waals surface area (Å²) in [4.78, 5) is 0. The van der Waals surface area contributed by atoms with Gasteiger partial charge in [-0.2, -0.15) is 0 Å². The van der Waals surface area contributed by atoms with Crippen LogP contribution >= 0.6 is 28.3 Å². The van der Waals surface area contributed by atoms with Crippen molar-refractivity contribution in [3.05, 3.63) is 11.6 Å². The normalized spacial score (nSPS) is 45.1. The summed E-state index contributed by atoms with van der Waals surface area (Å²) < 4.78 is 13.0.